The van der Waals surface area contributed by atoms with E-state index >= 15 is 0 Å². The topological polar surface area (TPSA) is 0 Å². The molecule has 0 bridgehead atoms. The van der Waals surface area contributed by atoms with Crippen molar-refractivity contribution < 1.29 is 8.78 Å². The molecule has 0 aliphatic rings. The normalized spacial score (nSPS) is 12.9. The molecule has 0 saturated carbocycles. The van der Waals surface area contributed by atoms with Crippen molar-refractivity contribution in [3.05, 3.63) is 41.8 Å². The Balaban J connectivity index is 2.88. The van der Waals surface area contributed by atoms with Gasteiger partial charge in [0.05, 0.1) is 0 Å². The van der Waals surface area contributed by atoms with Crippen LogP contribution in [0.2, 0.25) is 0 Å². The highest BCUT2D eigenvalue weighted by Crippen LogP contribution is 2.29. The standard InChI is InChI=1S/C10H10F2I/c1-2-3-10(13)8-5-4-7(11)6-9(8)12/h2,4-6,10H,3H2,1H3. The lowest BCUT2D eigenvalue weighted by molar-refractivity contribution is 0.571. The van der Waals surface area contributed by atoms with Gasteiger partial charge in [0.15, 0.2) is 0 Å². The Kier molecular flexibility index (Phi) is 4.09. The first kappa shape index (κ1) is 10.9. The molecule has 1 atom stereocenters. The van der Waals surface area contributed by atoms with E-state index in [0.717, 1.165) is 12.5 Å². The Bertz CT molecular complexity index is 286. The van der Waals surface area contributed by atoms with Crippen LogP contribution in [0.4, 0.5) is 8.78 Å². The molecule has 0 aliphatic carbocycles. The molecule has 1 radical (unpaired) electrons. The fourth-order valence-corrected chi connectivity index (χ4v) is 2.10. The van der Waals surface area contributed by atoms with Crippen LogP contribution in [-0.2, 0) is 0 Å². The van der Waals surface area contributed by atoms with Crippen molar-refractivity contribution in [3.63, 3.8) is 0 Å². The molecule has 0 saturated heterocycles. The van der Waals surface area contributed by atoms with Gasteiger partial charge in [-0.05, 0) is 18.9 Å². The summed E-state index contributed by atoms with van der Waals surface area (Å²) in [4.78, 5) is 0. The van der Waals surface area contributed by atoms with E-state index in [9.17, 15) is 8.78 Å². The van der Waals surface area contributed by atoms with Crippen LogP contribution in [0.5, 0.6) is 0 Å². The minimum absolute atomic E-state index is 0.0863. The summed E-state index contributed by atoms with van der Waals surface area (Å²) < 4.78 is 25.8. The van der Waals surface area contributed by atoms with Gasteiger partial charge in [0.25, 0.3) is 0 Å². The third-order valence-electron chi connectivity index (χ3n) is 1.74. The first-order valence-electron chi connectivity index (χ1n) is 4.02. The van der Waals surface area contributed by atoms with E-state index in [2.05, 4.69) is 22.6 Å². The fourth-order valence-electron chi connectivity index (χ4n) is 1.09. The molecule has 1 unspecified atom stereocenters. The van der Waals surface area contributed by atoms with Crippen molar-refractivity contribution in [1.82, 2.24) is 0 Å². The lowest BCUT2D eigenvalue weighted by atomic mass is 10.1. The highest BCUT2D eigenvalue weighted by molar-refractivity contribution is 14.1. The van der Waals surface area contributed by atoms with Crippen molar-refractivity contribution >= 4 is 22.6 Å². The number of hydrogen-bond donors (Lipinski definition) is 0. The maximum absolute atomic E-state index is 13.2. The summed E-state index contributed by atoms with van der Waals surface area (Å²) in [7, 11) is 0. The van der Waals surface area contributed by atoms with Gasteiger partial charge in [-0.3, -0.25) is 0 Å². The number of hydrogen-bond acceptors (Lipinski definition) is 0. The SMILES string of the molecule is C[CH]CC(I)c1ccc(F)cc1F. The van der Waals surface area contributed by atoms with Crippen LogP contribution < -0.4 is 0 Å². The van der Waals surface area contributed by atoms with Gasteiger partial charge >= 0.3 is 0 Å². The van der Waals surface area contributed by atoms with Crippen LogP contribution in [0, 0.1) is 18.1 Å². The lowest BCUT2D eigenvalue weighted by Crippen LogP contribution is -1.94. The predicted molar refractivity (Wildman–Crippen MR) is 57.7 cm³/mol. The first-order valence-corrected chi connectivity index (χ1v) is 5.26. The summed E-state index contributed by atoms with van der Waals surface area (Å²) in [6, 6.07) is 3.72. The quantitative estimate of drug-likeness (QED) is 0.583. The summed E-state index contributed by atoms with van der Waals surface area (Å²) in [5, 5.41) is 0. The number of halogens is 3. The predicted octanol–water partition coefficient (Wildman–Crippen LogP) is 4.06. The molecule has 0 heterocycles. The minimum atomic E-state index is -0.523. The molecule has 0 fully saturated rings. The van der Waals surface area contributed by atoms with Crippen LogP contribution in [0.3, 0.4) is 0 Å². The number of alkyl halides is 1. The average Bonchev–Trinajstić information content (AvgIpc) is 2.04. The van der Waals surface area contributed by atoms with Crippen LogP contribution in [0.15, 0.2) is 18.2 Å². The van der Waals surface area contributed by atoms with Gasteiger partial charge < -0.3 is 0 Å². The Morgan fingerprint density at radius 3 is 2.69 bits per heavy atom. The second-order valence-corrected chi connectivity index (χ2v) is 4.28. The second-order valence-electron chi connectivity index (χ2n) is 2.78. The molecule has 0 N–H and O–H groups in total. The van der Waals surface area contributed by atoms with E-state index in [1.165, 1.54) is 12.1 Å². The van der Waals surface area contributed by atoms with Crippen molar-refractivity contribution in [2.24, 2.45) is 0 Å². The maximum atomic E-state index is 13.2. The maximum Gasteiger partial charge on any atom is 0.130 e. The van der Waals surface area contributed by atoms with Gasteiger partial charge in [0.2, 0.25) is 0 Å². The Morgan fingerprint density at radius 1 is 1.46 bits per heavy atom. The van der Waals surface area contributed by atoms with E-state index in [1.54, 1.807) is 0 Å². The molecular formula is C10H10F2I. The number of rotatable bonds is 3. The van der Waals surface area contributed by atoms with E-state index < -0.39 is 11.6 Å². The van der Waals surface area contributed by atoms with E-state index in [0.29, 0.717) is 5.56 Å². The molecule has 0 spiro atoms. The van der Waals surface area contributed by atoms with Gasteiger partial charge in [0, 0.05) is 15.6 Å². The van der Waals surface area contributed by atoms with E-state index in [1.807, 2.05) is 13.3 Å². The number of benzene rings is 1. The smallest absolute Gasteiger partial charge is 0.130 e. The summed E-state index contributed by atoms with van der Waals surface area (Å²) in [6.07, 6.45) is 2.77. The van der Waals surface area contributed by atoms with Crippen molar-refractivity contribution in [2.75, 3.05) is 0 Å². The molecule has 1 aromatic rings. The first-order chi connectivity index (χ1) is 6.15. The van der Waals surface area contributed by atoms with Gasteiger partial charge in [-0.25, -0.2) is 8.78 Å². The molecule has 1 rings (SSSR count). The second kappa shape index (κ2) is 4.88. The average molecular weight is 295 g/mol. The van der Waals surface area contributed by atoms with Gasteiger partial charge in [-0.2, -0.15) is 0 Å². The third kappa shape index (κ3) is 2.90. The fraction of sp³-hybridized carbons (Fsp3) is 0.300. The Labute approximate surface area is 90.5 Å². The molecule has 13 heavy (non-hydrogen) atoms. The summed E-state index contributed by atoms with van der Waals surface area (Å²) in [5.74, 6) is -0.980. The van der Waals surface area contributed by atoms with E-state index in [-0.39, 0.29) is 3.92 Å². The Morgan fingerprint density at radius 2 is 2.15 bits per heavy atom. The Hall–Kier alpha value is -0.190. The van der Waals surface area contributed by atoms with Crippen molar-refractivity contribution in [3.8, 4) is 0 Å². The van der Waals surface area contributed by atoms with Crippen LogP contribution in [0.1, 0.15) is 22.8 Å². The third-order valence-corrected chi connectivity index (χ3v) is 2.92. The molecule has 0 amide bonds. The largest absolute Gasteiger partial charge is 0.207 e. The van der Waals surface area contributed by atoms with Crippen LogP contribution in [0.25, 0.3) is 0 Å². The van der Waals surface area contributed by atoms with Crippen molar-refractivity contribution in [1.29, 1.82) is 0 Å². The summed E-state index contributed by atoms with van der Waals surface area (Å²) in [6.45, 7) is 1.92. The molecule has 71 valence electrons. The zero-order chi connectivity index (χ0) is 9.84. The molecule has 0 aliphatic heterocycles. The molecule has 0 nitrogen and oxygen atoms in total. The molecule has 3 heteroatoms. The van der Waals surface area contributed by atoms with E-state index in [4.69, 9.17) is 0 Å². The molecule has 0 aromatic heterocycles. The van der Waals surface area contributed by atoms with Crippen LogP contribution >= 0.6 is 22.6 Å². The monoisotopic (exact) mass is 295 g/mol. The van der Waals surface area contributed by atoms with Crippen molar-refractivity contribution in [2.45, 2.75) is 17.3 Å². The van der Waals surface area contributed by atoms with Gasteiger partial charge in [-0.15, -0.1) is 0 Å². The van der Waals surface area contributed by atoms with Gasteiger partial charge in [0.1, 0.15) is 11.6 Å². The lowest BCUT2D eigenvalue weighted by Gasteiger charge is -2.09. The summed E-state index contributed by atoms with van der Waals surface area (Å²) in [5.41, 5.74) is 0.570. The highest BCUT2D eigenvalue weighted by Gasteiger charge is 2.11. The minimum Gasteiger partial charge on any atom is -0.207 e. The van der Waals surface area contributed by atoms with Gasteiger partial charge in [-0.1, -0.05) is 35.6 Å². The molecular weight excluding hydrogens is 285 g/mol. The summed E-state index contributed by atoms with van der Waals surface area (Å²) >= 11 is 2.15. The zero-order valence-corrected chi connectivity index (χ0v) is 9.39. The van der Waals surface area contributed by atoms with Crippen LogP contribution in [-0.4, -0.2) is 0 Å². The highest BCUT2D eigenvalue weighted by atomic mass is 127. The molecule has 1 aromatic carbocycles. The zero-order valence-electron chi connectivity index (χ0n) is 7.23.